The van der Waals surface area contributed by atoms with Gasteiger partial charge in [0, 0.05) is 5.56 Å². The maximum Gasteiger partial charge on any atom is 0.206 e. The molecule has 2 heterocycles. The number of nitrogens with zero attached hydrogens (tertiary/aromatic N) is 5. The molecule has 0 unspecified atom stereocenters. The largest absolute Gasteiger partial charge is 0.242 e. The van der Waals surface area contributed by atoms with Crippen molar-refractivity contribution >= 4 is 16.7 Å². The van der Waals surface area contributed by atoms with Crippen LogP contribution in [0.2, 0.25) is 0 Å². The van der Waals surface area contributed by atoms with Crippen molar-refractivity contribution in [1.82, 2.24) is 25.0 Å². The van der Waals surface area contributed by atoms with E-state index in [0.29, 0.717) is 5.65 Å². The van der Waals surface area contributed by atoms with Gasteiger partial charge in [0.25, 0.3) is 0 Å². The van der Waals surface area contributed by atoms with Gasteiger partial charge in [0.15, 0.2) is 0 Å². The van der Waals surface area contributed by atoms with Crippen molar-refractivity contribution in [2.24, 2.45) is 0 Å². The quantitative estimate of drug-likeness (QED) is 0.528. The zero-order chi connectivity index (χ0) is 13.5. The number of tetrazole rings is 1. The Morgan fingerprint density at radius 2 is 1.90 bits per heavy atom. The summed E-state index contributed by atoms with van der Waals surface area (Å²) in [6, 6.07) is 16.0. The molecule has 4 aromatic rings. The van der Waals surface area contributed by atoms with E-state index in [1.807, 2.05) is 36.4 Å². The lowest BCUT2D eigenvalue weighted by Crippen LogP contribution is -1.97. The molecule has 0 spiro atoms. The Balaban J connectivity index is 2.14. The standard InChI is InChI=1S/C15H11N5/c1-10-5-4-6-11(9-10)14-15-17-18-19-20(15)13-8-3-2-7-12(13)16-14/h2-9H,1H3. The number of aryl methyl sites for hydroxylation is 1. The first-order valence-corrected chi connectivity index (χ1v) is 6.37. The highest BCUT2D eigenvalue weighted by molar-refractivity contribution is 5.84. The van der Waals surface area contributed by atoms with Gasteiger partial charge >= 0.3 is 0 Å². The van der Waals surface area contributed by atoms with Gasteiger partial charge < -0.3 is 0 Å². The summed E-state index contributed by atoms with van der Waals surface area (Å²) in [7, 11) is 0. The van der Waals surface area contributed by atoms with E-state index in [1.54, 1.807) is 4.52 Å². The highest BCUT2D eigenvalue weighted by Crippen LogP contribution is 2.24. The monoisotopic (exact) mass is 261 g/mol. The normalized spacial score (nSPS) is 11.2. The zero-order valence-corrected chi connectivity index (χ0v) is 10.9. The van der Waals surface area contributed by atoms with Gasteiger partial charge in [-0.15, -0.1) is 5.10 Å². The molecule has 0 atom stereocenters. The first-order valence-electron chi connectivity index (χ1n) is 6.37. The molecule has 0 saturated heterocycles. The Labute approximate surface area is 114 Å². The van der Waals surface area contributed by atoms with Crippen molar-refractivity contribution < 1.29 is 0 Å². The van der Waals surface area contributed by atoms with E-state index in [1.165, 1.54) is 5.56 Å². The molecule has 0 N–H and O–H groups in total. The molecule has 5 heteroatoms. The number of aromatic nitrogens is 5. The Kier molecular flexibility index (Phi) is 2.26. The van der Waals surface area contributed by atoms with Gasteiger partial charge in [0.2, 0.25) is 5.65 Å². The number of benzene rings is 2. The third-order valence-corrected chi connectivity index (χ3v) is 3.31. The average molecular weight is 261 g/mol. The van der Waals surface area contributed by atoms with Crippen LogP contribution in [0, 0.1) is 6.92 Å². The molecule has 0 aliphatic carbocycles. The topological polar surface area (TPSA) is 56.0 Å². The lowest BCUT2D eigenvalue weighted by molar-refractivity contribution is 0.841. The third kappa shape index (κ3) is 1.56. The second kappa shape index (κ2) is 4.09. The van der Waals surface area contributed by atoms with Crippen molar-refractivity contribution in [3.05, 3.63) is 54.1 Å². The summed E-state index contributed by atoms with van der Waals surface area (Å²) in [5.74, 6) is 0. The van der Waals surface area contributed by atoms with Gasteiger partial charge in [-0.1, -0.05) is 35.9 Å². The van der Waals surface area contributed by atoms with Crippen LogP contribution in [0.25, 0.3) is 27.9 Å². The fourth-order valence-electron chi connectivity index (χ4n) is 2.39. The third-order valence-electron chi connectivity index (χ3n) is 3.31. The first kappa shape index (κ1) is 11.0. The summed E-state index contributed by atoms with van der Waals surface area (Å²) in [5, 5.41) is 12.0. The molecule has 4 rings (SSSR count). The lowest BCUT2D eigenvalue weighted by atomic mass is 10.1. The number of fused-ring (bicyclic) bond motifs is 3. The van der Waals surface area contributed by atoms with E-state index in [-0.39, 0.29) is 0 Å². The summed E-state index contributed by atoms with van der Waals surface area (Å²) in [5.41, 5.74) is 5.47. The van der Waals surface area contributed by atoms with E-state index < -0.39 is 0 Å². The van der Waals surface area contributed by atoms with Crippen LogP contribution in [0.15, 0.2) is 48.5 Å². The molecule has 0 aliphatic rings. The molecule has 0 bridgehead atoms. The van der Waals surface area contributed by atoms with Crippen molar-refractivity contribution in [3.8, 4) is 11.3 Å². The fraction of sp³-hybridized carbons (Fsp3) is 0.0667. The highest BCUT2D eigenvalue weighted by atomic mass is 15.5. The molecule has 20 heavy (non-hydrogen) atoms. The number of rotatable bonds is 1. The Bertz CT molecular complexity index is 926. The van der Waals surface area contributed by atoms with Gasteiger partial charge in [-0.3, -0.25) is 0 Å². The Morgan fingerprint density at radius 3 is 2.80 bits per heavy atom. The van der Waals surface area contributed by atoms with E-state index in [4.69, 9.17) is 4.98 Å². The maximum absolute atomic E-state index is 4.72. The van der Waals surface area contributed by atoms with Crippen molar-refractivity contribution in [3.63, 3.8) is 0 Å². The molecule has 0 amide bonds. The van der Waals surface area contributed by atoms with E-state index in [2.05, 4.69) is 34.6 Å². The molecule has 5 nitrogen and oxygen atoms in total. The lowest BCUT2D eigenvalue weighted by Gasteiger charge is -2.06. The van der Waals surface area contributed by atoms with Gasteiger partial charge in [-0.2, -0.15) is 4.52 Å². The molecular weight excluding hydrogens is 250 g/mol. The van der Waals surface area contributed by atoms with Crippen LogP contribution < -0.4 is 0 Å². The van der Waals surface area contributed by atoms with Crippen LogP contribution in [0.3, 0.4) is 0 Å². The van der Waals surface area contributed by atoms with Crippen LogP contribution in [-0.2, 0) is 0 Å². The van der Waals surface area contributed by atoms with Crippen molar-refractivity contribution in [1.29, 1.82) is 0 Å². The summed E-state index contributed by atoms with van der Waals surface area (Å²) >= 11 is 0. The zero-order valence-electron chi connectivity index (χ0n) is 10.9. The highest BCUT2D eigenvalue weighted by Gasteiger charge is 2.12. The predicted molar refractivity (Wildman–Crippen MR) is 76.3 cm³/mol. The van der Waals surface area contributed by atoms with Crippen LogP contribution in [0.5, 0.6) is 0 Å². The minimum Gasteiger partial charge on any atom is -0.242 e. The number of hydrogen-bond donors (Lipinski definition) is 0. The number of para-hydroxylation sites is 2. The minimum atomic E-state index is 0.675. The van der Waals surface area contributed by atoms with E-state index in [9.17, 15) is 0 Å². The van der Waals surface area contributed by atoms with Crippen molar-refractivity contribution in [2.45, 2.75) is 6.92 Å². The maximum atomic E-state index is 4.72. The molecule has 2 aromatic carbocycles. The second-order valence-electron chi connectivity index (χ2n) is 4.73. The minimum absolute atomic E-state index is 0.675. The average Bonchev–Trinajstić information content (AvgIpc) is 2.96. The molecule has 0 radical (unpaired) electrons. The molecule has 0 aliphatic heterocycles. The SMILES string of the molecule is Cc1cccc(-c2nc3ccccc3n3nnnc23)c1. The van der Waals surface area contributed by atoms with Crippen LogP contribution in [0.1, 0.15) is 5.56 Å². The summed E-state index contributed by atoms with van der Waals surface area (Å²) in [4.78, 5) is 4.72. The van der Waals surface area contributed by atoms with E-state index >= 15 is 0 Å². The van der Waals surface area contributed by atoms with Crippen LogP contribution in [0.4, 0.5) is 0 Å². The van der Waals surface area contributed by atoms with E-state index in [0.717, 1.165) is 22.3 Å². The molecule has 96 valence electrons. The van der Waals surface area contributed by atoms with Crippen LogP contribution >= 0.6 is 0 Å². The molecule has 0 fully saturated rings. The molecular formula is C15H11N5. The summed E-state index contributed by atoms with van der Waals surface area (Å²) in [6.45, 7) is 2.06. The molecule has 2 aromatic heterocycles. The Hall–Kier alpha value is -2.82. The fourth-order valence-corrected chi connectivity index (χ4v) is 2.39. The van der Waals surface area contributed by atoms with Crippen molar-refractivity contribution in [2.75, 3.05) is 0 Å². The van der Waals surface area contributed by atoms with Gasteiger partial charge in [-0.25, -0.2) is 4.98 Å². The van der Waals surface area contributed by atoms with Gasteiger partial charge in [0.1, 0.15) is 5.69 Å². The van der Waals surface area contributed by atoms with Gasteiger partial charge in [0.05, 0.1) is 11.0 Å². The summed E-state index contributed by atoms with van der Waals surface area (Å²) < 4.78 is 1.74. The molecule has 0 saturated carbocycles. The smallest absolute Gasteiger partial charge is 0.206 e. The Morgan fingerprint density at radius 1 is 1.00 bits per heavy atom. The van der Waals surface area contributed by atoms with Gasteiger partial charge in [-0.05, 0) is 35.5 Å². The van der Waals surface area contributed by atoms with Crippen LogP contribution in [-0.4, -0.2) is 25.0 Å². The number of hydrogen-bond acceptors (Lipinski definition) is 4. The summed E-state index contributed by atoms with van der Waals surface area (Å²) in [6.07, 6.45) is 0. The second-order valence-corrected chi connectivity index (χ2v) is 4.73. The first-order chi connectivity index (χ1) is 9.83. The predicted octanol–water partition coefficient (Wildman–Crippen LogP) is 2.65.